The number of benzene rings is 1. The Kier molecular flexibility index (Phi) is 4.50. The lowest BCUT2D eigenvalue weighted by Gasteiger charge is -2.24. The lowest BCUT2D eigenvalue weighted by molar-refractivity contribution is 0.149. The van der Waals surface area contributed by atoms with Crippen LogP contribution in [0.5, 0.6) is 0 Å². The summed E-state index contributed by atoms with van der Waals surface area (Å²) in [4.78, 5) is 0.130. The van der Waals surface area contributed by atoms with E-state index >= 15 is 0 Å². The van der Waals surface area contributed by atoms with Gasteiger partial charge in [0, 0.05) is 20.2 Å². The standard InChI is InChI=1S/C11H18N2O3S/c1-9(8-16-3)13(2)17(14,15)11-7-5-4-6-10(11)12/h4-7,9H,8,12H2,1-3H3. The molecule has 0 aliphatic carbocycles. The van der Waals surface area contributed by atoms with Crippen LogP contribution in [0.1, 0.15) is 6.92 Å². The van der Waals surface area contributed by atoms with E-state index in [0.717, 1.165) is 0 Å². The van der Waals surface area contributed by atoms with Crippen molar-refractivity contribution in [2.45, 2.75) is 17.9 Å². The van der Waals surface area contributed by atoms with Gasteiger partial charge in [0.25, 0.3) is 0 Å². The summed E-state index contributed by atoms with van der Waals surface area (Å²) in [6.45, 7) is 2.11. The normalized spacial score (nSPS) is 13.9. The highest BCUT2D eigenvalue weighted by atomic mass is 32.2. The Hall–Kier alpha value is -1.11. The number of methoxy groups -OCH3 is 1. The van der Waals surface area contributed by atoms with Crippen molar-refractivity contribution in [1.82, 2.24) is 4.31 Å². The zero-order valence-corrected chi connectivity index (χ0v) is 11.1. The number of anilines is 1. The number of ether oxygens (including phenoxy) is 1. The maximum absolute atomic E-state index is 12.3. The van der Waals surface area contributed by atoms with Crippen molar-refractivity contribution in [1.29, 1.82) is 0 Å². The van der Waals surface area contributed by atoms with Crippen molar-refractivity contribution in [3.05, 3.63) is 24.3 Å². The molecule has 5 nitrogen and oxygen atoms in total. The minimum absolute atomic E-state index is 0.130. The maximum atomic E-state index is 12.3. The number of para-hydroxylation sites is 1. The molecule has 0 aromatic heterocycles. The summed E-state index contributed by atoms with van der Waals surface area (Å²) >= 11 is 0. The number of sulfonamides is 1. The Bertz CT molecular complexity index is 473. The SMILES string of the molecule is COCC(C)N(C)S(=O)(=O)c1ccccc1N. The van der Waals surface area contributed by atoms with Crippen LogP contribution in [0.15, 0.2) is 29.2 Å². The molecule has 96 valence electrons. The van der Waals surface area contributed by atoms with E-state index in [0.29, 0.717) is 6.61 Å². The molecule has 0 aliphatic heterocycles. The van der Waals surface area contributed by atoms with Crippen LogP contribution in [0, 0.1) is 0 Å². The number of hydrogen-bond donors (Lipinski definition) is 1. The third kappa shape index (κ3) is 2.96. The van der Waals surface area contributed by atoms with E-state index in [4.69, 9.17) is 10.5 Å². The van der Waals surface area contributed by atoms with Gasteiger partial charge in [-0.1, -0.05) is 12.1 Å². The van der Waals surface area contributed by atoms with E-state index in [9.17, 15) is 8.42 Å². The summed E-state index contributed by atoms with van der Waals surface area (Å²) in [5, 5.41) is 0. The Morgan fingerprint density at radius 2 is 2.00 bits per heavy atom. The van der Waals surface area contributed by atoms with Crippen molar-refractivity contribution >= 4 is 15.7 Å². The molecule has 0 spiro atoms. The fraction of sp³-hybridized carbons (Fsp3) is 0.455. The zero-order valence-electron chi connectivity index (χ0n) is 10.3. The first kappa shape index (κ1) is 14.0. The van der Waals surface area contributed by atoms with Gasteiger partial charge in [0.05, 0.1) is 12.3 Å². The molecule has 1 atom stereocenters. The van der Waals surface area contributed by atoms with Crippen molar-refractivity contribution in [3.8, 4) is 0 Å². The summed E-state index contributed by atoms with van der Waals surface area (Å²) in [5.41, 5.74) is 5.94. The van der Waals surface area contributed by atoms with Gasteiger partial charge in [-0.05, 0) is 19.1 Å². The van der Waals surface area contributed by atoms with E-state index < -0.39 is 10.0 Å². The minimum Gasteiger partial charge on any atom is -0.398 e. The number of nitrogens with zero attached hydrogens (tertiary/aromatic N) is 1. The molecule has 1 rings (SSSR count). The topological polar surface area (TPSA) is 72.6 Å². The van der Waals surface area contributed by atoms with Gasteiger partial charge in [0.1, 0.15) is 4.90 Å². The Morgan fingerprint density at radius 1 is 1.41 bits per heavy atom. The van der Waals surface area contributed by atoms with Crippen LogP contribution in [0.4, 0.5) is 5.69 Å². The van der Waals surface area contributed by atoms with Crippen molar-refractivity contribution in [3.63, 3.8) is 0 Å². The molecule has 2 N–H and O–H groups in total. The Balaban J connectivity index is 3.08. The first-order valence-electron chi connectivity index (χ1n) is 5.22. The molecule has 1 aromatic rings. The summed E-state index contributed by atoms with van der Waals surface area (Å²) in [5.74, 6) is 0. The first-order valence-corrected chi connectivity index (χ1v) is 6.66. The maximum Gasteiger partial charge on any atom is 0.245 e. The molecule has 0 saturated heterocycles. The first-order chi connectivity index (χ1) is 7.91. The zero-order chi connectivity index (χ0) is 13.1. The second-order valence-corrected chi connectivity index (χ2v) is 5.83. The second-order valence-electron chi connectivity index (χ2n) is 3.86. The highest BCUT2D eigenvalue weighted by molar-refractivity contribution is 7.89. The van der Waals surface area contributed by atoms with Gasteiger partial charge in [-0.2, -0.15) is 4.31 Å². The van der Waals surface area contributed by atoms with Crippen LogP contribution in [0.3, 0.4) is 0 Å². The van der Waals surface area contributed by atoms with E-state index in [2.05, 4.69) is 0 Å². The molecular weight excluding hydrogens is 240 g/mol. The predicted molar refractivity (Wildman–Crippen MR) is 67.1 cm³/mol. The molecular formula is C11H18N2O3S. The van der Waals surface area contributed by atoms with Gasteiger partial charge < -0.3 is 10.5 Å². The number of hydrogen-bond acceptors (Lipinski definition) is 4. The molecule has 1 unspecified atom stereocenters. The van der Waals surface area contributed by atoms with Crippen molar-refractivity contribution in [2.24, 2.45) is 0 Å². The molecule has 1 aromatic carbocycles. The molecule has 6 heteroatoms. The smallest absolute Gasteiger partial charge is 0.245 e. The summed E-state index contributed by atoms with van der Waals surface area (Å²) < 4.78 is 30.7. The van der Waals surface area contributed by atoms with Crippen molar-refractivity contribution in [2.75, 3.05) is 26.5 Å². The fourth-order valence-corrected chi connectivity index (χ4v) is 2.91. The monoisotopic (exact) mass is 258 g/mol. The largest absolute Gasteiger partial charge is 0.398 e. The number of nitrogens with two attached hydrogens (primary N) is 1. The Morgan fingerprint density at radius 3 is 2.53 bits per heavy atom. The molecule has 0 aliphatic rings. The molecule has 0 heterocycles. The summed E-state index contributed by atoms with van der Waals surface area (Å²) in [6, 6.07) is 6.18. The van der Waals surface area contributed by atoms with Gasteiger partial charge in [-0.15, -0.1) is 0 Å². The number of likely N-dealkylation sites (N-methyl/N-ethyl adjacent to an activating group) is 1. The van der Waals surface area contributed by atoms with Crippen LogP contribution >= 0.6 is 0 Å². The third-order valence-electron chi connectivity index (χ3n) is 2.60. The van der Waals surface area contributed by atoms with Gasteiger partial charge >= 0.3 is 0 Å². The number of nitrogen functional groups attached to an aromatic ring is 1. The van der Waals surface area contributed by atoms with Crippen LogP contribution in [0.2, 0.25) is 0 Å². The quantitative estimate of drug-likeness (QED) is 0.797. The van der Waals surface area contributed by atoms with E-state index in [-0.39, 0.29) is 16.6 Å². The molecule has 0 amide bonds. The molecule has 17 heavy (non-hydrogen) atoms. The van der Waals surface area contributed by atoms with E-state index in [1.54, 1.807) is 25.1 Å². The lowest BCUT2D eigenvalue weighted by Crippen LogP contribution is -2.38. The second kappa shape index (κ2) is 5.48. The van der Waals surface area contributed by atoms with Crippen LogP contribution in [-0.4, -0.2) is 39.5 Å². The summed E-state index contributed by atoms with van der Waals surface area (Å²) in [6.07, 6.45) is 0. The molecule has 0 saturated carbocycles. The average molecular weight is 258 g/mol. The highest BCUT2D eigenvalue weighted by Crippen LogP contribution is 2.22. The molecule has 0 bridgehead atoms. The molecule has 0 radical (unpaired) electrons. The van der Waals surface area contributed by atoms with Gasteiger partial charge in [-0.3, -0.25) is 0 Å². The predicted octanol–water partition coefficient (Wildman–Crippen LogP) is 0.924. The lowest BCUT2D eigenvalue weighted by atomic mass is 10.3. The van der Waals surface area contributed by atoms with Crippen LogP contribution in [-0.2, 0) is 14.8 Å². The Labute approximate surface area is 102 Å². The average Bonchev–Trinajstić information content (AvgIpc) is 2.28. The van der Waals surface area contributed by atoms with E-state index in [1.807, 2.05) is 0 Å². The fourth-order valence-electron chi connectivity index (χ4n) is 1.45. The van der Waals surface area contributed by atoms with Crippen LogP contribution in [0.25, 0.3) is 0 Å². The van der Waals surface area contributed by atoms with Gasteiger partial charge in [0.15, 0.2) is 0 Å². The molecule has 0 fully saturated rings. The van der Waals surface area contributed by atoms with Crippen LogP contribution < -0.4 is 5.73 Å². The van der Waals surface area contributed by atoms with Gasteiger partial charge in [0.2, 0.25) is 10.0 Å². The van der Waals surface area contributed by atoms with Gasteiger partial charge in [-0.25, -0.2) is 8.42 Å². The van der Waals surface area contributed by atoms with Crippen molar-refractivity contribution < 1.29 is 13.2 Å². The minimum atomic E-state index is -3.56. The van der Waals surface area contributed by atoms with E-state index in [1.165, 1.54) is 24.5 Å². The number of rotatable bonds is 5. The summed E-state index contributed by atoms with van der Waals surface area (Å²) in [7, 11) is -0.508. The highest BCUT2D eigenvalue weighted by Gasteiger charge is 2.26. The third-order valence-corrected chi connectivity index (χ3v) is 4.65.